The van der Waals surface area contributed by atoms with Crippen LogP contribution in [-0.4, -0.2) is 16.9 Å². The molecule has 0 aliphatic carbocycles. The summed E-state index contributed by atoms with van der Waals surface area (Å²) in [5, 5.41) is 0. The molecule has 1 atom stereocenters. The molecule has 76 valence electrons. The number of hydrogen-bond acceptors (Lipinski definition) is 3. The monoisotopic (exact) mass is 193 g/mol. The van der Waals surface area contributed by atoms with Gasteiger partial charge < -0.3 is 11.5 Å². The highest BCUT2D eigenvalue weighted by molar-refractivity contribution is 5.79. The second-order valence-corrected chi connectivity index (χ2v) is 3.26. The summed E-state index contributed by atoms with van der Waals surface area (Å²) in [6.45, 7) is 0. The molecule has 0 bridgehead atoms. The molecule has 0 aliphatic heterocycles. The molecule has 14 heavy (non-hydrogen) atoms. The van der Waals surface area contributed by atoms with Gasteiger partial charge in [-0.15, -0.1) is 0 Å². The van der Waals surface area contributed by atoms with E-state index in [-0.39, 0.29) is 0 Å². The number of pyridine rings is 1. The quantitative estimate of drug-likeness (QED) is 0.701. The van der Waals surface area contributed by atoms with Gasteiger partial charge in [-0.3, -0.25) is 9.78 Å². The smallest absolute Gasteiger partial charge is 0.234 e. The second-order valence-electron chi connectivity index (χ2n) is 3.26. The fourth-order valence-corrected chi connectivity index (χ4v) is 1.22. The maximum absolute atomic E-state index is 10.6. The summed E-state index contributed by atoms with van der Waals surface area (Å²) < 4.78 is 0. The topological polar surface area (TPSA) is 82.0 Å². The summed E-state index contributed by atoms with van der Waals surface area (Å²) >= 11 is 0. The summed E-state index contributed by atoms with van der Waals surface area (Å²) in [6, 6.07) is 3.39. The van der Waals surface area contributed by atoms with Crippen LogP contribution < -0.4 is 11.5 Å². The Hall–Kier alpha value is -1.42. The minimum absolute atomic E-state index is 0.431. The number of primary amides is 1. The van der Waals surface area contributed by atoms with E-state index >= 15 is 0 Å². The van der Waals surface area contributed by atoms with Gasteiger partial charge in [-0.25, -0.2) is 0 Å². The fourth-order valence-electron chi connectivity index (χ4n) is 1.22. The van der Waals surface area contributed by atoms with Gasteiger partial charge in [0.2, 0.25) is 5.91 Å². The van der Waals surface area contributed by atoms with Crippen molar-refractivity contribution in [3.8, 4) is 0 Å². The van der Waals surface area contributed by atoms with Crippen molar-refractivity contribution < 1.29 is 4.79 Å². The van der Waals surface area contributed by atoms with Crippen LogP contribution >= 0.6 is 0 Å². The van der Waals surface area contributed by atoms with Gasteiger partial charge in [-0.1, -0.05) is 0 Å². The Kier molecular flexibility index (Phi) is 4.07. The van der Waals surface area contributed by atoms with Crippen LogP contribution in [0.3, 0.4) is 0 Å². The molecule has 1 aromatic heterocycles. The molecule has 0 aromatic carbocycles. The molecule has 0 aliphatic rings. The van der Waals surface area contributed by atoms with Gasteiger partial charge >= 0.3 is 0 Å². The summed E-state index contributed by atoms with van der Waals surface area (Å²) in [5.41, 5.74) is 11.7. The number of nitrogens with zero attached hydrogens (tertiary/aromatic N) is 1. The van der Waals surface area contributed by atoms with Crippen molar-refractivity contribution in [2.45, 2.75) is 25.3 Å². The molecular formula is C10H15N3O. The number of aryl methyl sites for hydroxylation is 1. The minimum atomic E-state index is -0.517. The predicted molar refractivity (Wildman–Crippen MR) is 54.3 cm³/mol. The molecule has 0 saturated heterocycles. The maximum Gasteiger partial charge on any atom is 0.234 e. The van der Waals surface area contributed by atoms with Crippen LogP contribution in [0.5, 0.6) is 0 Å². The predicted octanol–water partition coefficient (Wildman–Crippen LogP) is 0.217. The Labute approximate surface area is 83.3 Å². The number of amides is 1. The number of carbonyl (C=O) groups is 1. The van der Waals surface area contributed by atoms with Gasteiger partial charge in [0.25, 0.3) is 0 Å². The third-order valence-corrected chi connectivity index (χ3v) is 2.10. The molecule has 0 fully saturated rings. The molecule has 1 heterocycles. The van der Waals surface area contributed by atoms with Crippen LogP contribution in [0.4, 0.5) is 0 Å². The average Bonchev–Trinajstić information content (AvgIpc) is 2.19. The molecule has 1 aromatic rings. The van der Waals surface area contributed by atoms with Gasteiger partial charge in [-0.2, -0.15) is 0 Å². The first-order valence-electron chi connectivity index (χ1n) is 4.64. The number of hydrogen-bond donors (Lipinski definition) is 2. The second kappa shape index (κ2) is 5.34. The van der Waals surface area contributed by atoms with Gasteiger partial charge in [-0.05, 0) is 37.0 Å². The van der Waals surface area contributed by atoms with Crippen molar-refractivity contribution in [1.29, 1.82) is 0 Å². The number of carbonyl (C=O) groups excluding carboxylic acids is 1. The van der Waals surface area contributed by atoms with Crippen LogP contribution in [0.15, 0.2) is 24.5 Å². The zero-order valence-electron chi connectivity index (χ0n) is 8.02. The van der Waals surface area contributed by atoms with E-state index in [4.69, 9.17) is 11.5 Å². The Morgan fingerprint density at radius 1 is 1.43 bits per heavy atom. The maximum atomic E-state index is 10.6. The molecule has 4 heteroatoms. The molecule has 0 unspecified atom stereocenters. The van der Waals surface area contributed by atoms with Gasteiger partial charge in [0.15, 0.2) is 0 Å². The third kappa shape index (κ3) is 3.53. The Morgan fingerprint density at radius 2 is 2.07 bits per heavy atom. The van der Waals surface area contributed by atoms with Crippen molar-refractivity contribution in [3.05, 3.63) is 30.1 Å². The van der Waals surface area contributed by atoms with Crippen molar-refractivity contribution >= 4 is 5.91 Å². The Morgan fingerprint density at radius 3 is 2.64 bits per heavy atom. The largest absolute Gasteiger partial charge is 0.368 e. The molecule has 1 amide bonds. The molecular weight excluding hydrogens is 178 g/mol. The first-order chi connectivity index (χ1) is 6.70. The summed E-state index contributed by atoms with van der Waals surface area (Å²) in [6.07, 6.45) is 5.92. The van der Waals surface area contributed by atoms with Crippen molar-refractivity contribution in [1.82, 2.24) is 4.98 Å². The van der Waals surface area contributed by atoms with E-state index < -0.39 is 11.9 Å². The average molecular weight is 193 g/mol. The van der Waals surface area contributed by atoms with Crippen LogP contribution in [0.1, 0.15) is 18.4 Å². The lowest BCUT2D eigenvalue weighted by atomic mass is 10.1. The van der Waals surface area contributed by atoms with E-state index in [2.05, 4.69) is 4.98 Å². The van der Waals surface area contributed by atoms with E-state index in [0.29, 0.717) is 6.42 Å². The highest BCUT2D eigenvalue weighted by Gasteiger charge is 2.07. The van der Waals surface area contributed by atoms with Crippen molar-refractivity contribution in [3.63, 3.8) is 0 Å². The first-order valence-corrected chi connectivity index (χ1v) is 4.64. The SMILES string of the molecule is NC(=O)[C@@H](N)CCCc1ccncc1. The third-order valence-electron chi connectivity index (χ3n) is 2.10. The van der Waals surface area contributed by atoms with Crippen LogP contribution in [0.25, 0.3) is 0 Å². The Balaban J connectivity index is 2.26. The zero-order valence-corrected chi connectivity index (χ0v) is 8.02. The summed E-state index contributed by atoms with van der Waals surface area (Å²) in [4.78, 5) is 14.5. The van der Waals surface area contributed by atoms with Crippen LogP contribution in [0, 0.1) is 0 Å². The lowest BCUT2D eigenvalue weighted by molar-refractivity contribution is -0.119. The molecule has 0 spiro atoms. The zero-order chi connectivity index (χ0) is 10.4. The highest BCUT2D eigenvalue weighted by atomic mass is 16.1. The highest BCUT2D eigenvalue weighted by Crippen LogP contribution is 2.04. The molecule has 4 nitrogen and oxygen atoms in total. The van der Waals surface area contributed by atoms with Gasteiger partial charge in [0.05, 0.1) is 6.04 Å². The van der Waals surface area contributed by atoms with E-state index in [9.17, 15) is 4.79 Å². The van der Waals surface area contributed by atoms with Gasteiger partial charge in [0.1, 0.15) is 0 Å². The summed E-state index contributed by atoms with van der Waals surface area (Å²) in [5.74, 6) is -0.431. The van der Waals surface area contributed by atoms with E-state index in [0.717, 1.165) is 12.8 Å². The van der Waals surface area contributed by atoms with Crippen molar-refractivity contribution in [2.75, 3.05) is 0 Å². The lowest BCUT2D eigenvalue weighted by Crippen LogP contribution is -2.36. The van der Waals surface area contributed by atoms with Crippen LogP contribution in [0.2, 0.25) is 0 Å². The molecule has 4 N–H and O–H groups in total. The standard InChI is InChI=1S/C10H15N3O/c11-9(10(12)14)3-1-2-8-4-6-13-7-5-8/h4-7,9H,1-3,11H2,(H2,12,14)/t9-/m0/s1. The summed E-state index contributed by atoms with van der Waals surface area (Å²) in [7, 11) is 0. The molecule has 0 radical (unpaired) electrons. The first kappa shape index (κ1) is 10.7. The number of aromatic nitrogens is 1. The number of nitrogens with two attached hydrogens (primary N) is 2. The van der Waals surface area contributed by atoms with Crippen molar-refractivity contribution in [2.24, 2.45) is 11.5 Å². The Bertz CT molecular complexity index is 287. The van der Waals surface area contributed by atoms with Crippen LogP contribution in [-0.2, 0) is 11.2 Å². The lowest BCUT2D eigenvalue weighted by Gasteiger charge is -2.06. The number of rotatable bonds is 5. The van der Waals surface area contributed by atoms with Gasteiger partial charge in [0, 0.05) is 12.4 Å². The minimum Gasteiger partial charge on any atom is -0.368 e. The molecule has 1 rings (SSSR count). The fraction of sp³-hybridized carbons (Fsp3) is 0.400. The van der Waals surface area contributed by atoms with E-state index in [1.54, 1.807) is 12.4 Å². The molecule has 0 saturated carbocycles. The van der Waals surface area contributed by atoms with E-state index in [1.807, 2.05) is 12.1 Å². The van der Waals surface area contributed by atoms with E-state index in [1.165, 1.54) is 5.56 Å². The normalized spacial score (nSPS) is 12.4.